The molecule has 1 saturated carbocycles. The highest BCUT2D eigenvalue weighted by Crippen LogP contribution is 2.51. The van der Waals surface area contributed by atoms with Crippen LogP contribution < -0.4 is 0 Å². The molecule has 1 rings (SSSR count). The molecule has 0 heterocycles. The summed E-state index contributed by atoms with van der Waals surface area (Å²) >= 11 is 0. The third kappa shape index (κ3) is 2.27. The molecule has 0 spiro atoms. The first kappa shape index (κ1) is 11.1. The maximum Gasteiger partial charge on any atom is -0.0272 e. The topological polar surface area (TPSA) is 0 Å². The van der Waals surface area contributed by atoms with Gasteiger partial charge in [0.1, 0.15) is 0 Å². The van der Waals surface area contributed by atoms with E-state index in [1.807, 2.05) is 0 Å². The molecule has 0 radical (unpaired) electrons. The lowest BCUT2D eigenvalue weighted by molar-refractivity contribution is 0.0363. The Bertz CT molecular complexity index is 167. The molecule has 0 aromatic heterocycles. The predicted molar refractivity (Wildman–Crippen MR) is 59.8 cm³/mol. The van der Waals surface area contributed by atoms with Crippen LogP contribution in [-0.4, -0.2) is 0 Å². The number of hydrogen-bond donors (Lipinski definition) is 0. The van der Waals surface area contributed by atoms with Crippen molar-refractivity contribution in [3.05, 3.63) is 0 Å². The first-order valence-corrected chi connectivity index (χ1v) is 5.92. The highest BCUT2D eigenvalue weighted by Gasteiger charge is 2.40. The third-order valence-corrected chi connectivity index (χ3v) is 4.29. The first-order chi connectivity index (χ1) is 5.92. The van der Waals surface area contributed by atoms with E-state index in [1.165, 1.54) is 32.1 Å². The highest BCUT2D eigenvalue weighted by atomic mass is 14.5. The van der Waals surface area contributed by atoms with E-state index in [-0.39, 0.29) is 0 Å². The van der Waals surface area contributed by atoms with E-state index in [9.17, 15) is 0 Å². The van der Waals surface area contributed by atoms with Crippen molar-refractivity contribution in [2.45, 2.75) is 66.7 Å². The summed E-state index contributed by atoms with van der Waals surface area (Å²) in [5.74, 6) is 0.858. The van der Waals surface area contributed by atoms with Crippen LogP contribution in [-0.2, 0) is 0 Å². The van der Waals surface area contributed by atoms with E-state index >= 15 is 0 Å². The fraction of sp³-hybridized carbons (Fsp3) is 1.00. The summed E-state index contributed by atoms with van der Waals surface area (Å²) in [6, 6.07) is 0. The zero-order valence-corrected chi connectivity index (χ0v) is 10.1. The van der Waals surface area contributed by atoms with Crippen LogP contribution in [0.2, 0.25) is 0 Å². The molecular weight excluding hydrogens is 156 g/mol. The van der Waals surface area contributed by atoms with E-state index in [1.54, 1.807) is 0 Å². The maximum atomic E-state index is 2.44. The van der Waals surface area contributed by atoms with E-state index in [2.05, 4.69) is 34.6 Å². The molecule has 1 atom stereocenters. The molecule has 0 saturated heterocycles. The SMILES string of the molecule is CCC1(C(C)C)CCCC(C)(C)C1. The average Bonchev–Trinajstić information content (AvgIpc) is 2.02. The van der Waals surface area contributed by atoms with Gasteiger partial charge in [0, 0.05) is 0 Å². The summed E-state index contributed by atoms with van der Waals surface area (Å²) in [4.78, 5) is 0. The predicted octanol–water partition coefficient (Wildman–Crippen LogP) is 4.64. The van der Waals surface area contributed by atoms with Gasteiger partial charge in [-0.1, -0.05) is 47.5 Å². The van der Waals surface area contributed by atoms with Crippen LogP contribution in [0.5, 0.6) is 0 Å². The lowest BCUT2D eigenvalue weighted by Gasteiger charge is -2.47. The molecule has 0 aromatic carbocycles. The molecule has 0 bridgehead atoms. The molecule has 0 aliphatic heterocycles. The molecule has 0 aromatic rings. The van der Waals surface area contributed by atoms with Crippen LogP contribution in [0.4, 0.5) is 0 Å². The van der Waals surface area contributed by atoms with E-state index < -0.39 is 0 Å². The average molecular weight is 182 g/mol. The van der Waals surface area contributed by atoms with Gasteiger partial charge in [-0.05, 0) is 36.0 Å². The largest absolute Gasteiger partial charge is 0.0648 e. The van der Waals surface area contributed by atoms with Gasteiger partial charge < -0.3 is 0 Å². The third-order valence-electron chi connectivity index (χ3n) is 4.29. The van der Waals surface area contributed by atoms with Crippen molar-refractivity contribution >= 4 is 0 Å². The fourth-order valence-corrected chi connectivity index (χ4v) is 3.25. The second-order valence-corrected chi connectivity index (χ2v) is 6.07. The second kappa shape index (κ2) is 3.63. The van der Waals surface area contributed by atoms with Crippen LogP contribution in [0.3, 0.4) is 0 Å². The van der Waals surface area contributed by atoms with Gasteiger partial charge in [-0.2, -0.15) is 0 Å². The Kier molecular flexibility index (Phi) is 3.09. The molecule has 0 heteroatoms. The summed E-state index contributed by atoms with van der Waals surface area (Å²) < 4.78 is 0. The van der Waals surface area contributed by atoms with Gasteiger partial charge in [0.2, 0.25) is 0 Å². The fourth-order valence-electron chi connectivity index (χ4n) is 3.25. The standard InChI is InChI=1S/C13H26/c1-6-13(11(2)3)9-7-8-12(4,5)10-13/h11H,6-10H2,1-5H3. The summed E-state index contributed by atoms with van der Waals surface area (Å²) in [6.07, 6.45) is 7.15. The van der Waals surface area contributed by atoms with E-state index in [4.69, 9.17) is 0 Å². The minimum Gasteiger partial charge on any atom is -0.0648 e. The molecule has 1 aliphatic carbocycles. The van der Waals surface area contributed by atoms with Crippen LogP contribution >= 0.6 is 0 Å². The molecule has 13 heavy (non-hydrogen) atoms. The molecule has 78 valence electrons. The zero-order valence-electron chi connectivity index (χ0n) is 10.1. The number of hydrogen-bond acceptors (Lipinski definition) is 0. The van der Waals surface area contributed by atoms with Gasteiger partial charge in [-0.3, -0.25) is 0 Å². The molecule has 0 amide bonds. The maximum absolute atomic E-state index is 2.44. The minimum absolute atomic E-state index is 0.596. The zero-order chi connectivity index (χ0) is 10.1. The highest BCUT2D eigenvalue weighted by molar-refractivity contribution is 4.91. The Morgan fingerprint density at radius 2 is 1.77 bits per heavy atom. The molecule has 1 fully saturated rings. The minimum atomic E-state index is 0.596. The Hall–Kier alpha value is 0. The van der Waals surface area contributed by atoms with Gasteiger partial charge >= 0.3 is 0 Å². The molecular formula is C13H26. The van der Waals surface area contributed by atoms with Gasteiger partial charge in [0.25, 0.3) is 0 Å². The second-order valence-electron chi connectivity index (χ2n) is 6.07. The Morgan fingerprint density at radius 1 is 1.15 bits per heavy atom. The quantitative estimate of drug-likeness (QED) is 0.583. The molecule has 1 unspecified atom stereocenters. The first-order valence-electron chi connectivity index (χ1n) is 5.92. The van der Waals surface area contributed by atoms with Crippen LogP contribution in [0, 0.1) is 16.7 Å². The molecule has 1 aliphatic rings. The van der Waals surface area contributed by atoms with Crippen molar-refractivity contribution in [1.29, 1.82) is 0 Å². The van der Waals surface area contributed by atoms with E-state index in [0.717, 1.165) is 5.92 Å². The van der Waals surface area contributed by atoms with Gasteiger partial charge in [0.05, 0.1) is 0 Å². The van der Waals surface area contributed by atoms with Crippen molar-refractivity contribution in [3.8, 4) is 0 Å². The van der Waals surface area contributed by atoms with Crippen LogP contribution in [0.1, 0.15) is 66.7 Å². The number of rotatable bonds is 2. The monoisotopic (exact) mass is 182 g/mol. The molecule has 0 N–H and O–H groups in total. The Morgan fingerprint density at radius 3 is 2.08 bits per heavy atom. The smallest absolute Gasteiger partial charge is 0.0272 e. The van der Waals surface area contributed by atoms with Crippen LogP contribution in [0.15, 0.2) is 0 Å². The normalized spacial score (nSPS) is 33.7. The van der Waals surface area contributed by atoms with Crippen molar-refractivity contribution in [2.24, 2.45) is 16.7 Å². The van der Waals surface area contributed by atoms with Gasteiger partial charge in [-0.15, -0.1) is 0 Å². The van der Waals surface area contributed by atoms with Gasteiger partial charge in [0.15, 0.2) is 0 Å². The van der Waals surface area contributed by atoms with Crippen molar-refractivity contribution in [1.82, 2.24) is 0 Å². The summed E-state index contributed by atoms with van der Waals surface area (Å²) in [5.41, 5.74) is 1.25. The summed E-state index contributed by atoms with van der Waals surface area (Å²) in [6.45, 7) is 12.1. The molecule has 0 nitrogen and oxygen atoms in total. The van der Waals surface area contributed by atoms with E-state index in [0.29, 0.717) is 10.8 Å². The summed E-state index contributed by atoms with van der Waals surface area (Å²) in [7, 11) is 0. The van der Waals surface area contributed by atoms with Crippen molar-refractivity contribution in [3.63, 3.8) is 0 Å². The summed E-state index contributed by atoms with van der Waals surface area (Å²) in [5, 5.41) is 0. The van der Waals surface area contributed by atoms with Crippen molar-refractivity contribution < 1.29 is 0 Å². The van der Waals surface area contributed by atoms with Crippen LogP contribution in [0.25, 0.3) is 0 Å². The Labute approximate surface area is 84.1 Å². The lowest BCUT2D eigenvalue weighted by Crippen LogP contribution is -2.36. The van der Waals surface area contributed by atoms with Gasteiger partial charge in [-0.25, -0.2) is 0 Å². The van der Waals surface area contributed by atoms with Crippen molar-refractivity contribution in [2.75, 3.05) is 0 Å². The Balaban J connectivity index is 2.76. The lowest BCUT2D eigenvalue weighted by atomic mass is 9.58.